The van der Waals surface area contributed by atoms with E-state index in [1.807, 2.05) is 34.6 Å². The minimum atomic E-state index is -0.866. The van der Waals surface area contributed by atoms with Crippen LogP contribution in [0.4, 0.5) is 4.79 Å². The van der Waals surface area contributed by atoms with E-state index in [-0.39, 0.29) is 0 Å². The lowest BCUT2D eigenvalue weighted by Gasteiger charge is -2.32. The molecule has 0 aliphatic carbocycles. The lowest BCUT2D eigenvalue weighted by molar-refractivity contribution is -0.144. The normalized spacial score (nSPS) is 18.3. The summed E-state index contributed by atoms with van der Waals surface area (Å²) in [5.74, 6) is -1.04. The second kappa shape index (κ2) is 11.5. The second-order valence-electron chi connectivity index (χ2n) is 11.2. The van der Waals surface area contributed by atoms with E-state index in [2.05, 4.69) is 21.4 Å². The Bertz CT molecular complexity index is 939. The first-order valence-corrected chi connectivity index (χ1v) is 13.1. The van der Waals surface area contributed by atoms with Crippen LogP contribution in [0.1, 0.15) is 78.7 Å². The Kier molecular flexibility index (Phi) is 9.64. The minimum Gasteiger partial charge on any atom is -0.467 e. The molecular weight excluding hydrogens is 483 g/mol. The highest BCUT2D eigenvalue weighted by atomic mass is 32.1. The van der Waals surface area contributed by atoms with Crippen LogP contribution in [0.2, 0.25) is 0 Å². The summed E-state index contributed by atoms with van der Waals surface area (Å²) in [4.78, 5) is 38.1. The summed E-state index contributed by atoms with van der Waals surface area (Å²) in [6.45, 7) is 16.9. The maximum Gasteiger partial charge on any atom is 0.505 e. The van der Waals surface area contributed by atoms with Gasteiger partial charge in [-0.2, -0.15) is 0 Å². The number of hydrogen-bond acceptors (Lipinski definition) is 8. The number of ether oxygens (including phenoxy) is 2. The third-order valence-corrected chi connectivity index (χ3v) is 7.66. The van der Waals surface area contributed by atoms with Crippen molar-refractivity contribution >= 4 is 41.2 Å². The average Bonchev–Trinajstić information content (AvgIpc) is 3.20. The number of esters is 1. The summed E-state index contributed by atoms with van der Waals surface area (Å²) in [5, 5.41) is 5.24. The second-order valence-corrected chi connectivity index (χ2v) is 12.4. The molecule has 1 aliphatic rings. The summed E-state index contributed by atoms with van der Waals surface area (Å²) >= 11 is 1.63. The van der Waals surface area contributed by atoms with Crippen LogP contribution in [-0.2, 0) is 34.8 Å². The molecule has 2 amide bonds. The van der Waals surface area contributed by atoms with Crippen molar-refractivity contribution in [1.82, 2.24) is 10.6 Å². The van der Waals surface area contributed by atoms with Crippen LogP contribution in [0.3, 0.4) is 0 Å². The van der Waals surface area contributed by atoms with E-state index in [4.69, 9.17) is 14.0 Å². The predicted octanol–water partition coefficient (Wildman–Crippen LogP) is 3.25. The van der Waals surface area contributed by atoms with Gasteiger partial charge in [0.1, 0.15) is 17.7 Å². The number of carbonyl (C=O) groups excluding carboxylic acids is 3. The smallest absolute Gasteiger partial charge is 0.467 e. The van der Waals surface area contributed by atoms with Crippen LogP contribution in [-0.4, -0.2) is 61.1 Å². The number of carbonyl (C=O) groups is 3. The van der Waals surface area contributed by atoms with E-state index in [9.17, 15) is 14.4 Å². The van der Waals surface area contributed by atoms with Crippen LogP contribution < -0.4 is 15.4 Å². The lowest BCUT2D eigenvalue weighted by Crippen LogP contribution is -2.51. The lowest BCUT2D eigenvalue weighted by atomic mass is 9.87. The first kappa shape index (κ1) is 30.1. The van der Waals surface area contributed by atoms with Crippen LogP contribution in [0.25, 0.3) is 0 Å². The average molecular weight is 524 g/mol. The Labute approximate surface area is 219 Å². The van der Waals surface area contributed by atoms with Crippen molar-refractivity contribution in [1.29, 1.82) is 0 Å². The molecule has 0 aromatic carbocycles. The number of rotatable bonds is 9. The van der Waals surface area contributed by atoms with Crippen molar-refractivity contribution in [2.75, 3.05) is 7.11 Å². The predicted molar refractivity (Wildman–Crippen MR) is 140 cm³/mol. The molecule has 1 aromatic heterocycles. The maximum absolute atomic E-state index is 12.9. The zero-order valence-electron chi connectivity index (χ0n) is 23.2. The van der Waals surface area contributed by atoms with E-state index < -0.39 is 54.0 Å². The van der Waals surface area contributed by atoms with E-state index >= 15 is 0 Å². The van der Waals surface area contributed by atoms with Crippen molar-refractivity contribution in [2.24, 2.45) is 0 Å². The van der Waals surface area contributed by atoms with Crippen LogP contribution in [0.15, 0.2) is 6.07 Å². The fourth-order valence-corrected chi connectivity index (χ4v) is 4.78. The molecule has 0 spiro atoms. The van der Waals surface area contributed by atoms with Gasteiger partial charge in [0.15, 0.2) is 0 Å². The number of hydrogen-bond donors (Lipinski definition) is 2. The monoisotopic (exact) mass is 524 g/mol. The number of methoxy groups -OCH3 is 1. The molecule has 9 nitrogen and oxygen atoms in total. The molecule has 0 bridgehead atoms. The van der Waals surface area contributed by atoms with Crippen LogP contribution in [0, 0.1) is 6.92 Å². The standard InChI is InChI=1S/C25H41BN2O7S/c1-15-14-19(26-34-24(6,7)25(8,9)35-26)36-18(15)13-11-12-17(28-22(31)33-23(3,4)5)20(29)27-16(2)21(30)32-10/h14,16-17H,11-13H2,1-10H3,(H,27,29)(H,28,31)/t16-,17-/m0/s1. The largest absolute Gasteiger partial charge is 0.505 e. The van der Waals surface area contributed by atoms with Crippen LogP contribution in [0.5, 0.6) is 0 Å². The summed E-state index contributed by atoms with van der Waals surface area (Å²) < 4.78 is 23.4. The van der Waals surface area contributed by atoms with Gasteiger partial charge < -0.3 is 29.4 Å². The van der Waals surface area contributed by atoms with Gasteiger partial charge in [-0.05, 0) is 93.2 Å². The number of nitrogens with one attached hydrogen (secondary N) is 2. The molecule has 2 heterocycles. The highest BCUT2D eigenvalue weighted by Crippen LogP contribution is 2.37. The molecule has 1 saturated heterocycles. The number of aryl methyl sites for hydroxylation is 2. The molecule has 2 N–H and O–H groups in total. The zero-order chi connectivity index (χ0) is 27.5. The molecule has 1 fully saturated rings. The summed E-state index contributed by atoms with van der Waals surface area (Å²) in [6, 6.07) is 0.380. The maximum atomic E-state index is 12.9. The van der Waals surface area contributed by atoms with E-state index in [0.717, 1.165) is 10.3 Å². The molecular formula is C25H41BN2O7S. The van der Waals surface area contributed by atoms with Gasteiger partial charge in [-0.3, -0.25) is 4.79 Å². The quantitative estimate of drug-likeness (QED) is 0.377. The van der Waals surface area contributed by atoms with Gasteiger partial charge in [-0.1, -0.05) is 0 Å². The Balaban J connectivity index is 2.05. The molecule has 0 radical (unpaired) electrons. The first-order chi connectivity index (χ1) is 16.5. The fraction of sp³-hybridized carbons (Fsp3) is 0.720. The van der Waals surface area contributed by atoms with Crippen molar-refractivity contribution in [3.05, 3.63) is 16.5 Å². The Hall–Kier alpha value is -2.11. The van der Waals surface area contributed by atoms with Gasteiger partial charge in [0.2, 0.25) is 5.91 Å². The van der Waals surface area contributed by atoms with Crippen molar-refractivity contribution < 1.29 is 33.2 Å². The highest BCUT2D eigenvalue weighted by molar-refractivity contribution is 7.22. The number of amides is 2. The first-order valence-electron chi connectivity index (χ1n) is 12.3. The molecule has 1 aromatic rings. The van der Waals surface area contributed by atoms with Crippen molar-refractivity contribution in [3.8, 4) is 0 Å². The highest BCUT2D eigenvalue weighted by Gasteiger charge is 2.52. The van der Waals surface area contributed by atoms with Crippen LogP contribution >= 0.6 is 11.3 Å². The molecule has 11 heteroatoms. The molecule has 1 aliphatic heterocycles. The van der Waals surface area contributed by atoms with Gasteiger partial charge in [0.05, 0.1) is 18.3 Å². The molecule has 0 unspecified atom stereocenters. The molecule has 36 heavy (non-hydrogen) atoms. The van der Waals surface area contributed by atoms with E-state index in [1.165, 1.54) is 18.9 Å². The minimum absolute atomic E-state index is 0.363. The van der Waals surface area contributed by atoms with Crippen molar-refractivity contribution in [3.63, 3.8) is 0 Å². The molecule has 202 valence electrons. The Morgan fingerprint density at radius 2 is 1.69 bits per heavy atom. The summed E-state index contributed by atoms with van der Waals surface area (Å²) in [5.41, 5.74) is -0.400. The fourth-order valence-electron chi connectivity index (χ4n) is 3.60. The Morgan fingerprint density at radius 1 is 1.11 bits per heavy atom. The van der Waals surface area contributed by atoms with Gasteiger partial charge in [0.25, 0.3) is 0 Å². The van der Waals surface area contributed by atoms with Gasteiger partial charge in [0, 0.05) is 9.65 Å². The third kappa shape index (κ3) is 7.95. The SMILES string of the molecule is COC(=O)[C@H](C)NC(=O)[C@H](CCCc1sc(B2OC(C)(C)C(C)(C)O2)cc1C)NC(=O)OC(C)(C)C. The number of alkyl carbamates (subject to hydrolysis) is 1. The molecule has 2 atom stereocenters. The van der Waals surface area contributed by atoms with Gasteiger partial charge in [-0.15, -0.1) is 11.3 Å². The van der Waals surface area contributed by atoms with Gasteiger partial charge in [-0.25, -0.2) is 9.59 Å². The molecule has 0 saturated carbocycles. The topological polar surface area (TPSA) is 112 Å². The zero-order valence-corrected chi connectivity index (χ0v) is 24.0. The summed E-state index contributed by atoms with van der Waals surface area (Å²) in [7, 11) is 0.836. The summed E-state index contributed by atoms with van der Waals surface area (Å²) in [6.07, 6.45) is 1.01. The van der Waals surface area contributed by atoms with Crippen molar-refractivity contribution in [2.45, 2.75) is 110 Å². The number of thiophene rings is 1. The van der Waals surface area contributed by atoms with E-state index in [1.54, 1.807) is 32.1 Å². The molecule has 2 rings (SSSR count). The Morgan fingerprint density at radius 3 is 2.22 bits per heavy atom. The van der Waals surface area contributed by atoms with Gasteiger partial charge >= 0.3 is 19.2 Å². The van der Waals surface area contributed by atoms with E-state index in [0.29, 0.717) is 19.3 Å². The third-order valence-electron chi connectivity index (χ3n) is 6.34.